The molecular weight excluding hydrogens is 312 g/mol. The largest absolute Gasteiger partial charge is 0.464 e. The van der Waals surface area contributed by atoms with E-state index in [9.17, 15) is 8.78 Å². The normalized spacial score (nSPS) is 13.2. The summed E-state index contributed by atoms with van der Waals surface area (Å²) in [7, 11) is 0. The fourth-order valence-electron chi connectivity index (χ4n) is 2.08. The van der Waals surface area contributed by atoms with E-state index >= 15 is 0 Å². The summed E-state index contributed by atoms with van der Waals surface area (Å²) in [6, 6.07) is 8.05. The highest BCUT2D eigenvalue weighted by atomic mass is 32.2. The molecule has 2 nitrogen and oxygen atoms in total. The standard InChI is InChI=1S/C15H19F2NOS2/c1-10(2)14(13-4-3-7-20-13)18-8-11-5-6-12(19-11)9-21-15(16)17/h3-7,10,14-15,18H,8-9H2,1-2H3. The molecular formula is C15H19F2NOS2. The summed E-state index contributed by atoms with van der Waals surface area (Å²) in [6.07, 6.45) is 0. The Morgan fingerprint density at radius 3 is 2.62 bits per heavy atom. The number of thioether (sulfide) groups is 1. The molecule has 0 spiro atoms. The number of rotatable bonds is 8. The van der Waals surface area contributed by atoms with E-state index in [1.54, 1.807) is 17.4 Å². The zero-order chi connectivity index (χ0) is 15.2. The van der Waals surface area contributed by atoms with Crippen LogP contribution in [0.4, 0.5) is 8.78 Å². The third-order valence-electron chi connectivity index (χ3n) is 3.08. The van der Waals surface area contributed by atoms with Crippen LogP contribution >= 0.6 is 23.1 Å². The number of furan rings is 1. The van der Waals surface area contributed by atoms with E-state index < -0.39 is 5.76 Å². The molecule has 116 valence electrons. The van der Waals surface area contributed by atoms with Crippen LogP contribution in [0.2, 0.25) is 0 Å². The predicted molar refractivity (Wildman–Crippen MR) is 84.7 cm³/mol. The van der Waals surface area contributed by atoms with Crippen molar-refractivity contribution in [2.24, 2.45) is 5.92 Å². The van der Waals surface area contributed by atoms with Crippen molar-refractivity contribution in [1.82, 2.24) is 5.32 Å². The number of alkyl halides is 2. The molecule has 2 rings (SSSR count). The minimum absolute atomic E-state index is 0.205. The molecule has 0 aromatic carbocycles. The Morgan fingerprint density at radius 2 is 2.00 bits per heavy atom. The molecule has 2 aromatic rings. The van der Waals surface area contributed by atoms with Crippen LogP contribution in [-0.2, 0) is 12.3 Å². The Kier molecular flexibility index (Phi) is 6.26. The lowest BCUT2D eigenvalue weighted by atomic mass is 10.0. The van der Waals surface area contributed by atoms with Crippen LogP contribution in [0.5, 0.6) is 0 Å². The van der Waals surface area contributed by atoms with E-state index in [-0.39, 0.29) is 11.8 Å². The Bertz CT molecular complexity index is 526. The van der Waals surface area contributed by atoms with Crippen LogP contribution in [0, 0.1) is 5.92 Å². The first-order chi connectivity index (χ1) is 10.1. The van der Waals surface area contributed by atoms with Gasteiger partial charge >= 0.3 is 0 Å². The summed E-state index contributed by atoms with van der Waals surface area (Å²) in [5.74, 6) is -0.319. The average molecular weight is 331 g/mol. The van der Waals surface area contributed by atoms with Crippen molar-refractivity contribution in [1.29, 1.82) is 0 Å². The Balaban J connectivity index is 1.89. The fraction of sp³-hybridized carbons (Fsp3) is 0.467. The van der Waals surface area contributed by atoms with Gasteiger partial charge in [0.2, 0.25) is 0 Å². The third kappa shape index (κ3) is 5.13. The second-order valence-corrected chi connectivity index (χ2v) is 7.02. The van der Waals surface area contributed by atoms with Crippen molar-refractivity contribution in [3.63, 3.8) is 0 Å². The lowest BCUT2D eigenvalue weighted by Crippen LogP contribution is -2.24. The number of hydrogen-bond acceptors (Lipinski definition) is 4. The van der Waals surface area contributed by atoms with E-state index in [0.717, 1.165) is 5.76 Å². The molecule has 0 bridgehead atoms. The van der Waals surface area contributed by atoms with Gasteiger partial charge in [-0.1, -0.05) is 31.7 Å². The Morgan fingerprint density at radius 1 is 1.24 bits per heavy atom. The molecule has 0 aliphatic carbocycles. The number of nitrogens with one attached hydrogen (secondary N) is 1. The monoisotopic (exact) mass is 331 g/mol. The smallest absolute Gasteiger partial charge is 0.284 e. The highest BCUT2D eigenvalue weighted by Crippen LogP contribution is 2.26. The van der Waals surface area contributed by atoms with Crippen LogP contribution in [-0.4, -0.2) is 5.76 Å². The summed E-state index contributed by atoms with van der Waals surface area (Å²) >= 11 is 2.31. The van der Waals surface area contributed by atoms with Gasteiger partial charge in [0.25, 0.3) is 5.76 Å². The summed E-state index contributed by atoms with van der Waals surface area (Å²) in [4.78, 5) is 1.30. The summed E-state index contributed by atoms with van der Waals surface area (Å²) in [5.41, 5.74) is 0. The first kappa shape index (κ1) is 16.5. The average Bonchev–Trinajstić information content (AvgIpc) is 3.07. The van der Waals surface area contributed by atoms with Crippen LogP contribution < -0.4 is 5.32 Å². The van der Waals surface area contributed by atoms with Gasteiger partial charge in [-0.2, -0.15) is 8.78 Å². The highest BCUT2D eigenvalue weighted by molar-refractivity contribution is 7.98. The zero-order valence-electron chi connectivity index (χ0n) is 12.0. The van der Waals surface area contributed by atoms with E-state index in [0.29, 0.717) is 30.0 Å². The van der Waals surface area contributed by atoms with Crippen molar-refractivity contribution >= 4 is 23.1 Å². The van der Waals surface area contributed by atoms with Crippen molar-refractivity contribution < 1.29 is 13.2 Å². The maximum Gasteiger partial charge on any atom is 0.284 e. The van der Waals surface area contributed by atoms with Crippen LogP contribution in [0.15, 0.2) is 34.1 Å². The molecule has 0 radical (unpaired) electrons. The van der Waals surface area contributed by atoms with Gasteiger partial charge in [-0.05, 0) is 29.5 Å². The van der Waals surface area contributed by atoms with Gasteiger partial charge in [0.05, 0.1) is 12.3 Å². The second kappa shape index (κ2) is 7.96. The van der Waals surface area contributed by atoms with Crippen LogP contribution in [0.25, 0.3) is 0 Å². The summed E-state index contributed by atoms with van der Waals surface area (Å²) in [6.45, 7) is 4.94. The molecule has 1 N–H and O–H groups in total. The van der Waals surface area contributed by atoms with E-state index in [4.69, 9.17) is 4.42 Å². The van der Waals surface area contributed by atoms with E-state index in [1.807, 2.05) is 12.1 Å². The maximum atomic E-state index is 12.1. The molecule has 0 saturated heterocycles. The Labute approximate surface area is 131 Å². The first-order valence-electron chi connectivity index (χ1n) is 6.80. The van der Waals surface area contributed by atoms with E-state index in [2.05, 4.69) is 30.6 Å². The van der Waals surface area contributed by atoms with Crippen molar-refractivity contribution in [2.45, 2.75) is 37.9 Å². The molecule has 6 heteroatoms. The highest BCUT2D eigenvalue weighted by Gasteiger charge is 2.17. The second-order valence-electron chi connectivity index (χ2n) is 5.06. The lowest BCUT2D eigenvalue weighted by molar-refractivity contribution is 0.251. The predicted octanol–water partition coefficient (Wildman–Crippen LogP) is 5.28. The number of thiophene rings is 1. The van der Waals surface area contributed by atoms with E-state index in [1.165, 1.54) is 4.88 Å². The molecule has 1 atom stereocenters. The SMILES string of the molecule is CC(C)C(NCc1ccc(CSC(F)F)o1)c1cccs1. The number of hydrogen-bond donors (Lipinski definition) is 1. The minimum Gasteiger partial charge on any atom is -0.464 e. The van der Waals surface area contributed by atoms with Gasteiger partial charge in [0.15, 0.2) is 0 Å². The van der Waals surface area contributed by atoms with Crippen LogP contribution in [0.1, 0.15) is 36.3 Å². The minimum atomic E-state index is -2.36. The van der Waals surface area contributed by atoms with Gasteiger partial charge in [-0.15, -0.1) is 11.3 Å². The molecule has 0 aliphatic heterocycles. The molecule has 0 aliphatic rings. The van der Waals surface area contributed by atoms with Crippen molar-refractivity contribution in [3.05, 3.63) is 46.0 Å². The molecule has 1 unspecified atom stereocenters. The summed E-state index contributed by atoms with van der Waals surface area (Å²) < 4.78 is 29.8. The van der Waals surface area contributed by atoms with Gasteiger partial charge in [0.1, 0.15) is 11.5 Å². The number of halogens is 2. The first-order valence-corrected chi connectivity index (χ1v) is 8.73. The lowest BCUT2D eigenvalue weighted by Gasteiger charge is -2.20. The maximum absolute atomic E-state index is 12.1. The fourth-order valence-corrected chi connectivity index (χ4v) is 3.50. The molecule has 0 fully saturated rings. The summed E-state index contributed by atoms with van der Waals surface area (Å²) in [5, 5.41) is 5.55. The van der Waals surface area contributed by atoms with Crippen molar-refractivity contribution in [2.75, 3.05) is 0 Å². The van der Waals surface area contributed by atoms with Gasteiger partial charge in [-0.25, -0.2) is 0 Å². The third-order valence-corrected chi connectivity index (χ3v) is 4.74. The Hall–Kier alpha value is -0.850. The topological polar surface area (TPSA) is 25.2 Å². The van der Waals surface area contributed by atoms with Gasteiger partial charge in [0, 0.05) is 10.9 Å². The molecule has 0 saturated carbocycles. The molecule has 21 heavy (non-hydrogen) atoms. The zero-order valence-corrected chi connectivity index (χ0v) is 13.6. The molecule has 0 amide bonds. The van der Waals surface area contributed by atoms with Gasteiger partial charge < -0.3 is 9.73 Å². The molecule has 2 heterocycles. The van der Waals surface area contributed by atoms with Crippen molar-refractivity contribution in [3.8, 4) is 0 Å². The molecule has 2 aromatic heterocycles. The van der Waals surface area contributed by atoms with Crippen LogP contribution in [0.3, 0.4) is 0 Å². The van der Waals surface area contributed by atoms with Gasteiger partial charge in [-0.3, -0.25) is 0 Å². The quantitative estimate of drug-likeness (QED) is 0.712.